The van der Waals surface area contributed by atoms with Gasteiger partial charge in [-0.15, -0.1) is 0 Å². The molecule has 8 nitrogen and oxygen atoms in total. The molecule has 0 atom stereocenters. The molecule has 1 fully saturated rings. The maximum absolute atomic E-state index is 9.10. The summed E-state index contributed by atoms with van der Waals surface area (Å²) in [6.07, 6.45) is 3.87. The van der Waals surface area contributed by atoms with Crippen LogP contribution in [-0.4, -0.2) is 77.9 Å². The number of ether oxygens (including phenoxy) is 2. The van der Waals surface area contributed by atoms with Gasteiger partial charge in [-0.1, -0.05) is 11.6 Å². The van der Waals surface area contributed by atoms with E-state index in [1.54, 1.807) is 26.4 Å². The zero-order valence-corrected chi connectivity index (χ0v) is 17.3. The van der Waals surface area contributed by atoms with E-state index in [-0.39, 0.29) is 6.61 Å². The Kier molecular flexibility index (Phi) is 5.75. The lowest BCUT2D eigenvalue weighted by Crippen LogP contribution is -2.47. The van der Waals surface area contributed by atoms with Crippen molar-refractivity contribution in [1.82, 2.24) is 19.3 Å². The first kappa shape index (κ1) is 19.8. The number of aliphatic hydroxyl groups excluding tert-OH is 1. The summed E-state index contributed by atoms with van der Waals surface area (Å²) in [6, 6.07) is 5.55. The maximum atomic E-state index is 9.10. The Bertz CT molecular complexity index is 1000. The molecule has 1 aliphatic heterocycles. The fourth-order valence-corrected chi connectivity index (χ4v) is 3.81. The van der Waals surface area contributed by atoms with Gasteiger partial charge in [-0.3, -0.25) is 9.30 Å². The lowest BCUT2D eigenvalue weighted by Gasteiger charge is -2.34. The van der Waals surface area contributed by atoms with E-state index in [1.165, 1.54) is 0 Å². The Morgan fingerprint density at radius 3 is 2.52 bits per heavy atom. The van der Waals surface area contributed by atoms with Crippen LogP contribution in [0.1, 0.15) is 0 Å². The van der Waals surface area contributed by atoms with Crippen LogP contribution in [0.3, 0.4) is 0 Å². The normalized spacial score (nSPS) is 15.1. The molecule has 1 aliphatic rings. The maximum Gasteiger partial charge on any atom is 0.236 e. The van der Waals surface area contributed by atoms with Crippen molar-refractivity contribution in [3.63, 3.8) is 0 Å². The number of hydrogen-bond acceptors (Lipinski definition) is 7. The van der Waals surface area contributed by atoms with Crippen molar-refractivity contribution < 1.29 is 14.6 Å². The second-order valence-corrected chi connectivity index (χ2v) is 7.27. The zero-order chi connectivity index (χ0) is 20.4. The van der Waals surface area contributed by atoms with Gasteiger partial charge in [-0.05, 0) is 12.1 Å². The quantitative estimate of drug-likeness (QED) is 0.658. The van der Waals surface area contributed by atoms with Crippen molar-refractivity contribution in [2.75, 3.05) is 58.5 Å². The number of imidazole rings is 1. The average molecular weight is 418 g/mol. The molecule has 0 saturated carbocycles. The highest BCUT2D eigenvalue weighted by Gasteiger charge is 2.19. The molecule has 154 valence electrons. The van der Waals surface area contributed by atoms with Crippen LogP contribution in [0.2, 0.25) is 5.02 Å². The molecule has 0 unspecified atom stereocenters. The minimum Gasteiger partial charge on any atom is -0.496 e. The molecular weight excluding hydrogens is 394 g/mol. The highest BCUT2D eigenvalue weighted by atomic mass is 35.5. The first-order valence-corrected chi connectivity index (χ1v) is 9.86. The van der Waals surface area contributed by atoms with Gasteiger partial charge in [0.05, 0.1) is 31.5 Å². The molecule has 1 N–H and O–H groups in total. The molecule has 3 heterocycles. The molecule has 3 aromatic rings. The molecule has 2 aromatic heterocycles. The molecule has 1 aromatic carbocycles. The van der Waals surface area contributed by atoms with Crippen LogP contribution < -0.4 is 14.4 Å². The summed E-state index contributed by atoms with van der Waals surface area (Å²) < 4.78 is 12.7. The van der Waals surface area contributed by atoms with E-state index in [4.69, 9.17) is 36.1 Å². The Morgan fingerprint density at radius 1 is 1.07 bits per heavy atom. The summed E-state index contributed by atoms with van der Waals surface area (Å²) in [5.74, 6) is 2.70. The monoisotopic (exact) mass is 417 g/mol. The van der Waals surface area contributed by atoms with Gasteiger partial charge in [-0.2, -0.15) is 4.98 Å². The SMILES string of the molecule is COc1cc(OC)c(-c2cn3ccc(N4CCN(CCO)CC4)nc3n2)cc1Cl. The molecular formula is C20H24ClN5O3. The number of nitrogens with zero attached hydrogens (tertiary/aromatic N) is 5. The number of anilines is 1. The minimum absolute atomic E-state index is 0.194. The van der Waals surface area contributed by atoms with Crippen molar-refractivity contribution in [2.45, 2.75) is 0 Å². The van der Waals surface area contributed by atoms with Crippen molar-refractivity contribution >= 4 is 23.2 Å². The molecule has 0 radical (unpaired) electrons. The van der Waals surface area contributed by atoms with Crippen LogP contribution in [0.25, 0.3) is 17.0 Å². The first-order valence-electron chi connectivity index (χ1n) is 9.48. The van der Waals surface area contributed by atoms with E-state index in [1.807, 2.05) is 22.9 Å². The van der Waals surface area contributed by atoms with Crippen LogP contribution >= 0.6 is 11.6 Å². The Hall–Kier alpha value is -2.55. The predicted octanol–water partition coefficient (Wildman–Crippen LogP) is 2.18. The van der Waals surface area contributed by atoms with Crippen molar-refractivity contribution in [1.29, 1.82) is 0 Å². The number of piperazine rings is 1. The molecule has 0 amide bonds. The second kappa shape index (κ2) is 8.44. The summed E-state index contributed by atoms with van der Waals surface area (Å²) in [6.45, 7) is 4.48. The number of rotatable bonds is 6. The number of fused-ring (bicyclic) bond motifs is 1. The summed E-state index contributed by atoms with van der Waals surface area (Å²) in [5.41, 5.74) is 1.51. The number of β-amino-alcohol motifs (C(OH)–C–C–N with tert-alkyl or cyclic N) is 1. The highest BCUT2D eigenvalue weighted by Crippen LogP contribution is 2.38. The van der Waals surface area contributed by atoms with Gasteiger partial charge < -0.3 is 19.5 Å². The molecule has 29 heavy (non-hydrogen) atoms. The number of methoxy groups -OCH3 is 2. The van der Waals surface area contributed by atoms with E-state index in [0.29, 0.717) is 22.3 Å². The number of aliphatic hydroxyl groups is 1. The molecule has 9 heteroatoms. The second-order valence-electron chi connectivity index (χ2n) is 6.86. The standard InChI is InChI=1S/C20H24ClN5O3/c1-28-17-12-18(29-2)15(21)11-14(17)16-13-26-4-3-19(23-20(26)22-16)25-7-5-24(6-8-25)9-10-27/h3-4,11-13,27H,5-10H2,1-2H3. The van der Waals surface area contributed by atoms with Gasteiger partial charge in [0.1, 0.15) is 17.3 Å². The van der Waals surface area contributed by atoms with Crippen LogP contribution in [0.5, 0.6) is 11.5 Å². The van der Waals surface area contributed by atoms with E-state index in [0.717, 1.165) is 49.8 Å². The summed E-state index contributed by atoms with van der Waals surface area (Å²) in [5, 5.41) is 9.59. The zero-order valence-electron chi connectivity index (χ0n) is 16.5. The minimum atomic E-state index is 0.194. The summed E-state index contributed by atoms with van der Waals surface area (Å²) in [4.78, 5) is 13.9. The third-order valence-corrected chi connectivity index (χ3v) is 5.47. The molecule has 0 bridgehead atoms. The van der Waals surface area contributed by atoms with Gasteiger partial charge in [0.2, 0.25) is 5.78 Å². The van der Waals surface area contributed by atoms with Gasteiger partial charge in [0.25, 0.3) is 0 Å². The smallest absolute Gasteiger partial charge is 0.236 e. The third kappa shape index (κ3) is 3.96. The van der Waals surface area contributed by atoms with Crippen molar-refractivity contribution in [3.05, 3.63) is 35.6 Å². The fourth-order valence-electron chi connectivity index (χ4n) is 3.57. The first-order chi connectivity index (χ1) is 14.1. The number of hydrogen-bond donors (Lipinski definition) is 1. The third-order valence-electron chi connectivity index (χ3n) is 5.17. The van der Waals surface area contributed by atoms with Crippen molar-refractivity contribution in [3.8, 4) is 22.8 Å². The van der Waals surface area contributed by atoms with Crippen molar-refractivity contribution in [2.24, 2.45) is 0 Å². The van der Waals surface area contributed by atoms with Crippen LogP contribution in [0.4, 0.5) is 5.82 Å². The fraction of sp³-hybridized carbons (Fsp3) is 0.400. The van der Waals surface area contributed by atoms with Crippen LogP contribution in [-0.2, 0) is 0 Å². The van der Waals surface area contributed by atoms with Gasteiger partial charge in [-0.25, -0.2) is 4.98 Å². The topological polar surface area (TPSA) is 75.4 Å². The van der Waals surface area contributed by atoms with E-state index in [9.17, 15) is 0 Å². The lowest BCUT2D eigenvalue weighted by atomic mass is 10.1. The van der Waals surface area contributed by atoms with E-state index in [2.05, 4.69) is 9.80 Å². The lowest BCUT2D eigenvalue weighted by molar-refractivity contribution is 0.188. The van der Waals surface area contributed by atoms with E-state index >= 15 is 0 Å². The van der Waals surface area contributed by atoms with Gasteiger partial charge in [0, 0.05) is 56.7 Å². The Labute approximate surface area is 174 Å². The number of aromatic nitrogens is 3. The molecule has 4 rings (SSSR count). The summed E-state index contributed by atoms with van der Waals surface area (Å²) in [7, 11) is 3.18. The number of benzene rings is 1. The molecule has 0 spiro atoms. The predicted molar refractivity (Wildman–Crippen MR) is 112 cm³/mol. The average Bonchev–Trinajstić information content (AvgIpc) is 3.17. The highest BCUT2D eigenvalue weighted by molar-refractivity contribution is 6.32. The molecule has 1 saturated heterocycles. The number of halogens is 1. The Morgan fingerprint density at radius 2 is 1.83 bits per heavy atom. The largest absolute Gasteiger partial charge is 0.496 e. The van der Waals surface area contributed by atoms with Crippen LogP contribution in [0.15, 0.2) is 30.6 Å². The molecule has 0 aliphatic carbocycles. The Balaban J connectivity index is 1.62. The van der Waals surface area contributed by atoms with Gasteiger partial charge in [0.15, 0.2) is 0 Å². The van der Waals surface area contributed by atoms with E-state index < -0.39 is 0 Å². The van der Waals surface area contributed by atoms with Gasteiger partial charge >= 0.3 is 0 Å². The summed E-state index contributed by atoms with van der Waals surface area (Å²) >= 11 is 6.31. The van der Waals surface area contributed by atoms with Crippen LogP contribution in [0, 0.1) is 0 Å².